The summed E-state index contributed by atoms with van der Waals surface area (Å²) in [5, 5.41) is 2.80. The fourth-order valence-corrected chi connectivity index (χ4v) is 2.36. The van der Waals surface area contributed by atoms with E-state index in [9.17, 15) is 4.79 Å². The van der Waals surface area contributed by atoms with Crippen molar-refractivity contribution in [1.82, 2.24) is 0 Å². The lowest BCUT2D eigenvalue weighted by molar-refractivity contribution is 0.102. The SMILES string of the molecule is COc1cc(NC(=O)c2ccc(OC)c(OC)c2OC)cc(OC)c1. The van der Waals surface area contributed by atoms with Crippen molar-refractivity contribution in [3.05, 3.63) is 35.9 Å². The van der Waals surface area contributed by atoms with Gasteiger partial charge in [0.2, 0.25) is 5.75 Å². The zero-order valence-corrected chi connectivity index (χ0v) is 14.8. The van der Waals surface area contributed by atoms with Gasteiger partial charge in [-0.25, -0.2) is 0 Å². The quantitative estimate of drug-likeness (QED) is 0.830. The summed E-state index contributed by atoms with van der Waals surface area (Å²) in [6.45, 7) is 0. The summed E-state index contributed by atoms with van der Waals surface area (Å²) in [6.07, 6.45) is 0. The summed E-state index contributed by atoms with van der Waals surface area (Å²) in [4.78, 5) is 12.7. The van der Waals surface area contributed by atoms with Gasteiger partial charge in [0.25, 0.3) is 5.91 Å². The Hall–Kier alpha value is -3.09. The third-order valence-electron chi connectivity index (χ3n) is 3.56. The van der Waals surface area contributed by atoms with Crippen LogP contribution in [0.15, 0.2) is 30.3 Å². The molecule has 7 nitrogen and oxygen atoms in total. The Morgan fingerprint density at radius 1 is 0.760 bits per heavy atom. The summed E-state index contributed by atoms with van der Waals surface area (Å²) in [5.41, 5.74) is 0.833. The second-order valence-electron chi connectivity index (χ2n) is 4.94. The number of methoxy groups -OCH3 is 5. The van der Waals surface area contributed by atoms with Gasteiger partial charge < -0.3 is 29.0 Å². The molecule has 0 bridgehead atoms. The van der Waals surface area contributed by atoms with E-state index in [0.717, 1.165) is 0 Å². The van der Waals surface area contributed by atoms with Crippen LogP contribution in [0.1, 0.15) is 10.4 Å². The Bertz CT molecular complexity index is 737. The van der Waals surface area contributed by atoms with Crippen molar-refractivity contribution < 1.29 is 28.5 Å². The van der Waals surface area contributed by atoms with E-state index in [-0.39, 0.29) is 11.7 Å². The zero-order valence-electron chi connectivity index (χ0n) is 14.8. The number of benzene rings is 2. The Kier molecular flexibility index (Phi) is 5.94. The Labute approximate surface area is 146 Å². The maximum absolute atomic E-state index is 12.7. The minimum Gasteiger partial charge on any atom is -0.497 e. The molecular formula is C18H21NO6. The molecule has 2 rings (SSSR count). The van der Waals surface area contributed by atoms with Crippen LogP contribution in [0, 0.1) is 0 Å². The van der Waals surface area contributed by atoms with E-state index < -0.39 is 0 Å². The van der Waals surface area contributed by atoms with E-state index in [4.69, 9.17) is 23.7 Å². The van der Waals surface area contributed by atoms with Crippen molar-refractivity contribution in [1.29, 1.82) is 0 Å². The molecule has 0 aliphatic heterocycles. The average molecular weight is 347 g/mol. The molecule has 0 aromatic heterocycles. The van der Waals surface area contributed by atoms with E-state index in [2.05, 4.69) is 5.32 Å². The van der Waals surface area contributed by atoms with Crippen LogP contribution >= 0.6 is 0 Å². The Morgan fingerprint density at radius 2 is 1.36 bits per heavy atom. The summed E-state index contributed by atoms with van der Waals surface area (Å²) in [7, 11) is 7.53. The van der Waals surface area contributed by atoms with Crippen LogP contribution < -0.4 is 29.0 Å². The molecule has 0 unspecified atom stereocenters. The Morgan fingerprint density at radius 3 is 1.84 bits per heavy atom. The molecule has 0 fully saturated rings. The van der Waals surface area contributed by atoms with Crippen LogP contribution in [0.3, 0.4) is 0 Å². The van der Waals surface area contributed by atoms with Gasteiger partial charge in [-0.15, -0.1) is 0 Å². The van der Waals surface area contributed by atoms with E-state index in [1.807, 2.05) is 0 Å². The van der Waals surface area contributed by atoms with Crippen molar-refractivity contribution in [2.24, 2.45) is 0 Å². The maximum Gasteiger partial charge on any atom is 0.259 e. The molecule has 7 heteroatoms. The van der Waals surface area contributed by atoms with E-state index in [1.165, 1.54) is 35.5 Å². The first-order valence-corrected chi connectivity index (χ1v) is 7.41. The first kappa shape index (κ1) is 18.3. The molecule has 1 amide bonds. The lowest BCUT2D eigenvalue weighted by Crippen LogP contribution is -2.14. The highest BCUT2D eigenvalue weighted by molar-refractivity contribution is 6.07. The van der Waals surface area contributed by atoms with E-state index >= 15 is 0 Å². The van der Waals surface area contributed by atoms with Crippen LogP contribution in [0.4, 0.5) is 5.69 Å². The van der Waals surface area contributed by atoms with Crippen molar-refractivity contribution in [2.75, 3.05) is 40.9 Å². The van der Waals surface area contributed by atoms with Gasteiger partial charge in [-0.3, -0.25) is 4.79 Å². The minimum absolute atomic E-state index is 0.286. The highest BCUT2D eigenvalue weighted by Crippen LogP contribution is 2.40. The molecular weight excluding hydrogens is 326 g/mol. The van der Waals surface area contributed by atoms with Crippen molar-refractivity contribution in [3.8, 4) is 28.7 Å². The van der Waals surface area contributed by atoms with E-state index in [1.54, 1.807) is 30.3 Å². The molecule has 0 aliphatic rings. The number of hydrogen-bond donors (Lipinski definition) is 1. The predicted octanol–water partition coefficient (Wildman–Crippen LogP) is 2.98. The molecule has 0 spiro atoms. The summed E-state index contributed by atoms with van der Waals surface area (Å²) in [6, 6.07) is 8.34. The molecule has 0 saturated heterocycles. The average Bonchev–Trinajstić information content (AvgIpc) is 2.65. The summed E-state index contributed by atoms with van der Waals surface area (Å²) in [5.74, 6) is 1.87. The van der Waals surface area contributed by atoms with Crippen molar-refractivity contribution >= 4 is 11.6 Å². The standard InChI is InChI=1S/C18H21NO6/c1-21-12-8-11(9-13(10-12)22-2)19-18(20)14-6-7-15(23-3)17(25-5)16(14)24-4/h6-10H,1-5H3,(H,19,20). The predicted molar refractivity (Wildman–Crippen MR) is 93.6 cm³/mol. The van der Waals surface area contributed by atoms with Gasteiger partial charge in [0.1, 0.15) is 11.5 Å². The van der Waals surface area contributed by atoms with Crippen LogP contribution in [-0.2, 0) is 0 Å². The highest BCUT2D eigenvalue weighted by atomic mass is 16.5. The smallest absolute Gasteiger partial charge is 0.259 e. The molecule has 2 aromatic carbocycles. The molecule has 134 valence electrons. The molecule has 0 atom stereocenters. The third kappa shape index (κ3) is 3.88. The van der Waals surface area contributed by atoms with Gasteiger partial charge in [0, 0.05) is 23.9 Å². The fourth-order valence-electron chi connectivity index (χ4n) is 2.36. The monoisotopic (exact) mass is 347 g/mol. The topological polar surface area (TPSA) is 75.3 Å². The molecule has 0 radical (unpaired) electrons. The van der Waals surface area contributed by atoms with Gasteiger partial charge in [0.05, 0.1) is 41.1 Å². The molecule has 1 N–H and O–H groups in total. The number of hydrogen-bond acceptors (Lipinski definition) is 6. The van der Waals surface area contributed by atoms with Gasteiger partial charge in [-0.05, 0) is 12.1 Å². The number of rotatable bonds is 7. The number of ether oxygens (including phenoxy) is 5. The van der Waals surface area contributed by atoms with Crippen LogP contribution in [0.25, 0.3) is 0 Å². The lowest BCUT2D eigenvalue weighted by atomic mass is 10.1. The van der Waals surface area contributed by atoms with E-state index in [0.29, 0.717) is 34.2 Å². The number of nitrogens with one attached hydrogen (secondary N) is 1. The number of anilines is 1. The lowest BCUT2D eigenvalue weighted by Gasteiger charge is -2.16. The van der Waals surface area contributed by atoms with Gasteiger partial charge in [-0.2, -0.15) is 0 Å². The second kappa shape index (κ2) is 8.14. The fraction of sp³-hybridized carbons (Fsp3) is 0.278. The first-order valence-electron chi connectivity index (χ1n) is 7.41. The van der Waals surface area contributed by atoms with Gasteiger partial charge in [0.15, 0.2) is 11.5 Å². The second-order valence-corrected chi connectivity index (χ2v) is 4.94. The van der Waals surface area contributed by atoms with Crippen LogP contribution in [-0.4, -0.2) is 41.5 Å². The number of amides is 1. The highest BCUT2D eigenvalue weighted by Gasteiger charge is 2.21. The molecule has 0 heterocycles. The largest absolute Gasteiger partial charge is 0.497 e. The van der Waals surface area contributed by atoms with Crippen LogP contribution in [0.5, 0.6) is 28.7 Å². The molecule has 2 aromatic rings. The third-order valence-corrected chi connectivity index (χ3v) is 3.56. The number of carbonyl (C=O) groups is 1. The van der Waals surface area contributed by atoms with Crippen LogP contribution in [0.2, 0.25) is 0 Å². The maximum atomic E-state index is 12.7. The minimum atomic E-state index is -0.367. The molecule has 25 heavy (non-hydrogen) atoms. The molecule has 0 aliphatic carbocycles. The zero-order chi connectivity index (χ0) is 18.4. The van der Waals surface area contributed by atoms with Gasteiger partial charge in [-0.1, -0.05) is 0 Å². The first-order chi connectivity index (χ1) is 12.1. The van der Waals surface area contributed by atoms with Crippen molar-refractivity contribution in [3.63, 3.8) is 0 Å². The summed E-state index contributed by atoms with van der Waals surface area (Å²) >= 11 is 0. The normalized spacial score (nSPS) is 9.96. The number of carbonyl (C=O) groups excluding carboxylic acids is 1. The molecule has 0 saturated carbocycles. The van der Waals surface area contributed by atoms with Crippen molar-refractivity contribution in [2.45, 2.75) is 0 Å². The Balaban J connectivity index is 2.38. The van der Waals surface area contributed by atoms with Gasteiger partial charge >= 0.3 is 0 Å². The summed E-state index contributed by atoms with van der Waals surface area (Å²) < 4.78 is 26.3.